The Morgan fingerprint density at radius 3 is 1.36 bits per heavy atom. The fraction of sp³-hybridized carbons (Fsp3) is 0.0377. The van der Waals surface area contributed by atoms with E-state index < -0.39 is 5.41 Å². The van der Waals surface area contributed by atoms with Gasteiger partial charge in [0.05, 0.1) is 16.8 Å². The van der Waals surface area contributed by atoms with Crippen molar-refractivity contribution in [3.05, 3.63) is 222 Å². The first-order valence-corrected chi connectivity index (χ1v) is 19.2. The molecule has 0 bridgehead atoms. The zero-order valence-electron chi connectivity index (χ0n) is 30.8. The van der Waals surface area contributed by atoms with Crippen molar-refractivity contribution in [2.75, 3.05) is 0 Å². The number of hydrogen-bond acceptors (Lipinski definition) is 3. The largest absolute Gasteiger partial charge is 0.265 e. The molecule has 0 saturated carbocycles. The van der Waals surface area contributed by atoms with Crippen molar-refractivity contribution in [2.45, 2.75) is 12.3 Å². The number of aromatic nitrogens is 3. The molecule has 56 heavy (non-hydrogen) atoms. The molecule has 1 spiro atoms. The third kappa shape index (κ3) is 4.87. The van der Waals surface area contributed by atoms with Crippen LogP contribution in [0.1, 0.15) is 27.8 Å². The highest BCUT2D eigenvalue weighted by Gasteiger charge is 2.49. The molecule has 3 heteroatoms. The highest BCUT2D eigenvalue weighted by molar-refractivity contribution is 5.98. The van der Waals surface area contributed by atoms with Crippen LogP contribution in [0.4, 0.5) is 0 Å². The molecule has 7 aromatic carbocycles. The molecular formula is C53H35N3. The van der Waals surface area contributed by atoms with Gasteiger partial charge in [-0.05, 0) is 98.0 Å². The summed E-state index contributed by atoms with van der Waals surface area (Å²) in [7, 11) is 0. The predicted octanol–water partition coefficient (Wildman–Crippen LogP) is 12.9. The van der Waals surface area contributed by atoms with Gasteiger partial charge in [0.25, 0.3) is 0 Å². The van der Waals surface area contributed by atoms with Crippen molar-refractivity contribution in [1.29, 1.82) is 0 Å². The average Bonchev–Trinajstić information content (AvgIpc) is 3.52. The Kier molecular flexibility index (Phi) is 7.30. The molecule has 0 fully saturated rings. The molecule has 0 N–H and O–H groups in total. The zero-order valence-corrected chi connectivity index (χ0v) is 30.8. The number of rotatable bonds is 4. The van der Waals surface area contributed by atoms with E-state index in [0.29, 0.717) is 5.82 Å². The summed E-state index contributed by atoms with van der Waals surface area (Å²) in [5.74, 6) is 0.701. The van der Waals surface area contributed by atoms with Crippen LogP contribution in [-0.2, 0) is 5.41 Å². The molecule has 0 saturated heterocycles. The van der Waals surface area contributed by atoms with Crippen molar-refractivity contribution in [3.8, 4) is 78.4 Å². The van der Waals surface area contributed by atoms with Crippen LogP contribution >= 0.6 is 0 Å². The molecule has 2 aliphatic carbocycles. The first kappa shape index (κ1) is 32.2. The molecule has 2 aliphatic rings. The highest BCUT2D eigenvalue weighted by atomic mass is 14.9. The van der Waals surface area contributed by atoms with Crippen LogP contribution in [-0.4, -0.2) is 15.0 Å². The van der Waals surface area contributed by atoms with Crippen molar-refractivity contribution < 1.29 is 0 Å². The Morgan fingerprint density at radius 1 is 0.339 bits per heavy atom. The van der Waals surface area contributed by atoms with E-state index in [2.05, 4.69) is 182 Å². The molecule has 0 atom stereocenters. The zero-order chi connectivity index (χ0) is 37.2. The van der Waals surface area contributed by atoms with Crippen molar-refractivity contribution >= 4 is 0 Å². The fourth-order valence-corrected chi connectivity index (χ4v) is 9.16. The van der Waals surface area contributed by atoms with Gasteiger partial charge in [-0.25, -0.2) is 9.97 Å². The van der Waals surface area contributed by atoms with E-state index in [-0.39, 0.29) is 0 Å². The minimum atomic E-state index is -0.563. The first-order chi connectivity index (χ1) is 27.7. The Hall–Kier alpha value is -7.23. The Morgan fingerprint density at radius 2 is 0.768 bits per heavy atom. The van der Waals surface area contributed by atoms with Gasteiger partial charge in [0.15, 0.2) is 5.82 Å². The van der Waals surface area contributed by atoms with E-state index >= 15 is 0 Å². The first-order valence-electron chi connectivity index (χ1n) is 19.2. The summed E-state index contributed by atoms with van der Waals surface area (Å²) >= 11 is 0. The van der Waals surface area contributed by atoms with Gasteiger partial charge in [0.2, 0.25) is 0 Å². The molecule has 2 heterocycles. The minimum Gasteiger partial charge on any atom is -0.265 e. The summed E-state index contributed by atoms with van der Waals surface area (Å²) < 4.78 is 0. The molecule has 0 aliphatic heterocycles. The van der Waals surface area contributed by atoms with Crippen LogP contribution in [0.3, 0.4) is 0 Å². The molecule has 2 aromatic heterocycles. The fourth-order valence-electron chi connectivity index (χ4n) is 9.16. The summed E-state index contributed by atoms with van der Waals surface area (Å²) in [6.45, 7) is 2.11. The second kappa shape index (κ2) is 12.7. The number of pyridine rings is 1. The Balaban J connectivity index is 1.18. The van der Waals surface area contributed by atoms with Crippen LogP contribution in [0.2, 0.25) is 0 Å². The third-order valence-corrected chi connectivity index (χ3v) is 11.7. The van der Waals surface area contributed by atoms with Crippen LogP contribution in [0.25, 0.3) is 78.4 Å². The lowest BCUT2D eigenvalue weighted by atomic mass is 9.65. The standard InChI is InChI=1S/C53H35N3/c1-34-18-20-38(21-19-34)52-55-50(37-24-22-35(23-25-37)36-28-30-54-31-29-36)33-51(56-52)39-26-27-45-41-11-3-2-10-40(41)42-12-4-7-15-46(42)53(49(45)32-39)47-16-8-5-13-43(47)44-14-6-9-17-48(44)53/h2-33H,1H3. The number of fused-ring (bicyclic) bond motifs is 12. The summed E-state index contributed by atoms with van der Waals surface area (Å²) in [5.41, 5.74) is 20.4. The molecule has 11 rings (SSSR count). The van der Waals surface area contributed by atoms with Gasteiger partial charge >= 0.3 is 0 Å². The van der Waals surface area contributed by atoms with Gasteiger partial charge in [-0.2, -0.15) is 0 Å². The maximum Gasteiger partial charge on any atom is 0.160 e. The molecule has 3 nitrogen and oxygen atoms in total. The molecule has 0 unspecified atom stereocenters. The van der Waals surface area contributed by atoms with E-state index in [1.165, 1.54) is 61.2 Å². The van der Waals surface area contributed by atoms with Gasteiger partial charge in [0.1, 0.15) is 0 Å². The highest BCUT2D eigenvalue weighted by Crippen LogP contribution is 2.61. The van der Waals surface area contributed by atoms with Gasteiger partial charge in [-0.1, -0.05) is 163 Å². The maximum absolute atomic E-state index is 5.34. The summed E-state index contributed by atoms with van der Waals surface area (Å²) in [6.07, 6.45) is 3.66. The van der Waals surface area contributed by atoms with Crippen molar-refractivity contribution in [2.24, 2.45) is 0 Å². The van der Waals surface area contributed by atoms with E-state index in [9.17, 15) is 0 Å². The number of aryl methyl sites for hydroxylation is 1. The van der Waals surface area contributed by atoms with Crippen LogP contribution in [0.5, 0.6) is 0 Å². The van der Waals surface area contributed by atoms with Crippen molar-refractivity contribution in [1.82, 2.24) is 15.0 Å². The lowest BCUT2D eigenvalue weighted by Gasteiger charge is -2.35. The smallest absolute Gasteiger partial charge is 0.160 e. The van der Waals surface area contributed by atoms with Gasteiger partial charge in [-0.15, -0.1) is 0 Å². The normalized spacial score (nSPS) is 12.9. The maximum atomic E-state index is 5.34. The van der Waals surface area contributed by atoms with Gasteiger partial charge in [-0.3, -0.25) is 4.98 Å². The monoisotopic (exact) mass is 713 g/mol. The molecule has 262 valence electrons. The average molecular weight is 714 g/mol. The van der Waals surface area contributed by atoms with Crippen LogP contribution < -0.4 is 0 Å². The second-order valence-corrected chi connectivity index (χ2v) is 14.8. The van der Waals surface area contributed by atoms with Gasteiger partial charge in [0, 0.05) is 29.1 Å². The van der Waals surface area contributed by atoms with Crippen LogP contribution in [0.15, 0.2) is 194 Å². The molecule has 0 amide bonds. The number of hydrogen-bond donors (Lipinski definition) is 0. The summed E-state index contributed by atoms with van der Waals surface area (Å²) in [6, 6.07) is 66.3. The summed E-state index contributed by atoms with van der Waals surface area (Å²) in [4.78, 5) is 14.7. The molecular weight excluding hydrogens is 679 g/mol. The van der Waals surface area contributed by atoms with Crippen molar-refractivity contribution in [3.63, 3.8) is 0 Å². The SMILES string of the molecule is Cc1ccc(-c2nc(-c3ccc(-c4ccncc4)cc3)cc(-c3ccc4c(c3)C3(c5ccccc5-c5ccccc5-4)c4ccccc4-c4ccccc43)n2)cc1. The van der Waals surface area contributed by atoms with E-state index in [4.69, 9.17) is 9.97 Å². The molecule has 0 radical (unpaired) electrons. The quantitative estimate of drug-likeness (QED) is 0.182. The topological polar surface area (TPSA) is 38.7 Å². The predicted molar refractivity (Wildman–Crippen MR) is 228 cm³/mol. The third-order valence-electron chi connectivity index (χ3n) is 11.7. The van der Waals surface area contributed by atoms with E-state index in [1.807, 2.05) is 24.5 Å². The Labute approximate surface area is 326 Å². The Bertz CT molecular complexity index is 2920. The lowest BCUT2D eigenvalue weighted by Crippen LogP contribution is -2.29. The summed E-state index contributed by atoms with van der Waals surface area (Å²) in [5, 5.41) is 0. The molecule has 9 aromatic rings. The van der Waals surface area contributed by atoms with E-state index in [1.54, 1.807) is 0 Å². The minimum absolute atomic E-state index is 0.563. The second-order valence-electron chi connectivity index (χ2n) is 14.8. The van der Waals surface area contributed by atoms with Gasteiger partial charge < -0.3 is 0 Å². The number of nitrogens with zero attached hydrogens (tertiary/aromatic N) is 3. The van der Waals surface area contributed by atoms with Crippen LogP contribution in [0, 0.1) is 6.92 Å². The number of benzene rings is 7. The van der Waals surface area contributed by atoms with E-state index in [0.717, 1.165) is 39.2 Å². The lowest BCUT2D eigenvalue weighted by molar-refractivity contribution is 0.775.